The molecule has 212 valence electrons. The van der Waals surface area contributed by atoms with E-state index in [-0.39, 0.29) is 39.7 Å². The van der Waals surface area contributed by atoms with Gasteiger partial charge in [0.2, 0.25) is 0 Å². The van der Waals surface area contributed by atoms with Gasteiger partial charge in [0.1, 0.15) is 0 Å². The van der Waals surface area contributed by atoms with Crippen molar-refractivity contribution in [3.8, 4) is 0 Å². The van der Waals surface area contributed by atoms with Crippen LogP contribution in [0.3, 0.4) is 0 Å². The van der Waals surface area contributed by atoms with Crippen LogP contribution >= 0.6 is 24.8 Å². The van der Waals surface area contributed by atoms with Crippen molar-refractivity contribution in [2.24, 2.45) is 0 Å². The summed E-state index contributed by atoms with van der Waals surface area (Å²) < 4.78 is 0. The third-order valence-corrected chi connectivity index (χ3v) is 6.62. The molecule has 4 rings (SSSR count). The van der Waals surface area contributed by atoms with E-state index in [0.29, 0.717) is 23.7 Å². The van der Waals surface area contributed by atoms with Crippen LogP contribution in [0, 0.1) is 28.7 Å². The van der Waals surface area contributed by atoms with Crippen LogP contribution in [0.2, 0.25) is 0 Å². The summed E-state index contributed by atoms with van der Waals surface area (Å²) in [6.07, 6.45) is 0. The van der Waals surface area contributed by atoms with E-state index in [9.17, 15) is 0 Å². The Morgan fingerprint density at radius 1 is 0.526 bits per heavy atom. The fourth-order valence-electron chi connectivity index (χ4n) is 4.67. The number of hydrogen-bond donors (Lipinski definition) is 0. The zero-order chi connectivity index (χ0) is 25.7. The summed E-state index contributed by atoms with van der Waals surface area (Å²) in [6.45, 7) is 25.6. The van der Waals surface area contributed by atoms with Gasteiger partial charge in [-0.25, -0.2) is 0 Å². The number of fused-ring (bicyclic) bond motifs is 2. The topological polar surface area (TPSA) is 0 Å². The molecule has 0 atom stereocenters. The Balaban J connectivity index is -0.000000551. The SMILES string of the molecule is Cc1cc2c(C(C)C)cc(C(C)C)cc2[cH-]1.Cc1cc2c(C(C)C)cc(C(C)C)cc2[cH-]1.Cl.Cl.[CH3-].[CH3-].[Si]=[Zr]. The Morgan fingerprint density at radius 3 is 1.05 bits per heavy atom. The minimum atomic E-state index is 0. The first-order valence-corrected chi connectivity index (χ1v) is 16.8. The van der Waals surface area contributed by atoms with Crippen molar-refractivity contribution in [3.63, 3.8) is 0 Å². The van der Waals surface area contributed by atoms with Gasteiger partial charge < -0.3 is 14.9 Å². The van der Waals surface area contributed by atoms with E-state index in [0.717, 1.165) is 0 Å². The number of hydrogen-bond acceptors (Lipinski definition) is 0. The van der Waals surface area contributed by atoms with Gasteiger partial charge in [-0.05, 0) is 23.7 Å². The molecule has 0 aliphatic heterocycles. The first kappa shape index (κ1) is 41.8. The minimum absolute atomic E-state index is 0. The Morgan fingerprint density at radius 2 is 0.816 bits per heavy atom. The Kier molecular flexibility index (Phi) is 20.5. The monoisotopic (exact) mass is 646 g/mol. The quantitative estimate of drug-likeness (QED) is 0.153. The summed E-state index contributed by atoms with van der Waals surface area (Å²) >= 11 is 1.36. The summed E-state index contributed by atoms with van der Waals surface area (Å²) in [5, 5.41) is 5.70. The van der Waals surface area contributed by atoms with Crippen molar-refractivity contribution < 1.29 is 23.3 Å². The molecule has 0 N–H and O–H groups in total. The Bertz CT molecular complexity index is 1130. The molecule has 0 amide bonds. The Hall–Kier alpha value is -0.660. The number of halogens is 2. The molecular formula is C34H50Cl2SiZr-4. The fraction of sp³-hybridized carbons (Fsp3) is 0.412. The molecule has 0 heterocycles. The van der Waals surface area contributed by atoms with Crippen LogP contribution in [-0.2, 0) is 23.3 Å². The van der Waals surface area contributed by atoms with Gasteiger partial charge in [0, 0.05) is 0 Å². The van der Waals surface area contributed by atoms with E-state index in [1.807, 2.05) is 0 Å². The first-order chi connectivity index (χ1) is 16.0. The third kappa shape index (κ3) is 10.4. The van der Waals surface area contributed by atoms with Crippen LogP contribution < -0.4 is 0 Å². The summed E-state index contributed by atoms with van der Waals surface area (Å²) in [6, 6.07) is 18.7. The van der Waals surface area contributed by atoms with Crippen LogP contribution in [0.4, 0.5) is 0 Å². The zero-order valence-corrected chi connectivity index (χ0v) is 30.8. The molecule has 0 nitrogen and oxygen atoms in total. The van der Waals surface area contributed by atoms with Crippen molar-refractivity contribution in [1.82, 2.24) is 0 Å². The standard InChI is InChI=1S/2C16H21.2CH3.2ClH.Si.Zr/c2*1-10(2)13-8-14-6-12(5)7-16(14)15(9-13)11(3)4;;;;;;/h2*6-11H,1-5H3;2*1H3;2*1H;;/q4*-1;;;;. The molecule has 2 radical (unpaired) electrons. The Labute approximate surface area is 264 Å². The van der Waals surface area contributed by atoms with E-state index in [1.165, 1.54) is 78.3 Å². The van der Waals surface area contributed by atoms with Crippen LogP contribution in [-0.4, -0.2) is 6.88 Å². The second kappa shape index (κ2) is 18.6. The number of rotatable bonds is 4. The van der Waals surface area contributed by atoms with E-state index in [1.54, 1.807) is 0 Å². The van der Waals surface area contributed by atoms with Gasteiger partial charge in [0.05, 0.1) is 0 Å². The summed E-state index contributed by atoms with van der Waals surface area (Å²) in [5.41, 5.74) is 8.66. The van der Waals surface area contributed by atoms with Gasteiger partial charge in [0.15, 0.2) is 0 Å². The molecule has 0 aliphatic rings. The molecular weight excluding hydrogens is 599 g/mol. The second-order valence-electron chi connectivity index (χ2n) is 10.9. The first-order valence-electron chi connectivity index (χ1n) is 12.6. The van der Waals surface area contributed by atoms with Gasteiger partial charge in [-0.3, -0.25) is 0 Å². The van der Waals surface area contributed by atoms with E-state index in [4.69, 9.17) is 0 Å². The maximum atomic E-state index is 3.06. The maximum absolute atomic E-state index is 3.06. The van der Waals surface area contributed by atoms with Gasteiger partial charge in [-0.2, -0.15) is 12.1 Å². The average Bonchev–Trinajstić information content (AvgIpc) is 3.33. The fourth-order valence-corrected chi connectivity index (χ4v) is 4.67. The van der Waals surface area contributed by atoms with Gasteiger partial charge in [-0.1, -0.05) is 104 Å². The normalized spacial score (nSPS) is 10.1. The van der Waals surface area contributed by atoms with Crippen molar-refractivity contribution in [2.75, 3.05) is 0 Å². The van der Waals surface area contributed by atoms with Gasteiger partial charge in [0.25, 0.3) is 0 Å². The van der Waals surface area contributed by atoms with Crippen LogP contribution in [0.15, 0.2) is 48.5 Å². The number of benzene rings is 2. The molecule has 0 unspecified atom stereocenters. The molecule has 0 saturated heterocycles. The van der Waals surface area contributed by atoms with E-state index in [2.05, 4.69) is 125 Å². The van der Waals surface area contributed by atoms with Gasteiger partial charge >= 0.3 is 30.2 Å². The second-order valence-corrected chi connectivity index (χ2v) is 10.9. The average molecular weight is 649 g/mol. The zero-order valence-electron chi connectivity index (χ0n) is 25.7. The van der Waals surface area contributed by atoms with Crippen LogP contribution in [0.25, 0.3) is 21.5 Å². The predicted octanol–water partition coefficient (Wildman–Crippen LogP) is 11.6. The molecule has 0 spiro atoms. The van der Waals surface area contributed by atoms with Crippen molar-refractivity contribution >= 4 is 53.2 Å². The summed E-state index contributed by atoms with van der Waals surface area (Å²) in [5.74, 6) is 2.42. The molecule has 0 bridgehead atoms. The van der Waals surface area contributed by atoms with E-state index >= 15 is 0 Å². The number of aryl methyl sites for hydroxylation is 2. The molecule has 4 aromatic rings. The summed E-state index contributed by atoms with van der Waals surface area (Å²) in [4.78, 5) is 0. The molecule has 38 heavy (non-hydrogen) atoms. The van der Waals surface area contributed by atoms with Crippen LogP contribution in [0.1, 0.15) is 112 Å². The van der Waals surface area contributed by atoms with Crippen molar-refractivity contribution in [2.45, 2.75) is 92.9 Å². The summed E-state index contributed by atoms with van der Waals surface area (Å²) in [7, 11) is 0. The molecule has 0 saturated carbocycles. The molecule has 0 aliphatic carbocycles. The molecule has 4 heteroatoms. The van der Waals surface area contributed by atoms with Gasteiger partial charge in [-0.15, -0.1) is 81.8 Å². The predicted molar refractivity (Wildman–Crippen MR) is 178 cm³/mol. The molecule has 0 fully saturated rings. The van der Waals surface area contributed by atoms with Crippen molar-refractivity contribution in [3.05, 3.63) is 96.8 Å². The molecule has 0 aromatic heterocycles. The van der Waals surface area contributed by atoms with Crippen LogP contribution in [0.5, 0.6) is 0 Å². The molecule has 4 aromatic carbocycles. The van der Waals surface area contributed by atoms with Crippen molar-refractivity contribution in [1.29, 1.82) is 0 Å². The third-order valence-electron chi connectivity index (χ3n) is 6.62. The van der Waals surface area contributed by atoms with E-state index < -0.39 is 0 Å².